The lowest BCUT2D eigenvalue weighted by Gasteiger charge is -2.21. The van der Waals surface area contributed by atoms with Crippen LogP contribution in [0.3, 0.4) is 0 Å². The van der Waals surface area contributed by atoms with E-state index >= 15 is 0 Å². The molecule has 2 aromatic rings. The Balaban J connectivity index is 1.96. The van der Waals surface area contributed by atoms with Gasteiger partial charge in [-0.25, -0.2) is 15.0 Å². The summed E-state index contributed by atoms with van der Waals surface area (Å²) in [6.07, 6.45) is 3.35. The fourth-order valence-electron chi connectivity index (χ4n) is 1.57. The number of nitrogens with one attached hydrogen (secondary N) is 1. The Morgan fingerprint density at radius 1 is 1.40 bits per heavy atom. The maximum absolute atomic E-state index is 5.40. The van der Waals surface area contributed by atoms with Gasteiger partial charge in [0.05, 0.1) is 19.3 Å². The Bertz CT molecular complexity index is 433. The molecule has 1 N–H and O–H groups in total. The molecule has 1 atom stereocenters. The molecule has 2 aromatic heterocycles. The molecule has 1 saturated heterocycles. The van der Waals surface area contributed by atoms with Crippen molar-refractivity contribution in [3.63, 3.8) is 0 Å². The number of rotatable bonds is 1. The van der Waals surface area contributed by atoms with Crippen LogP contribution in [0.5, 0.6) is 0 Å². The highest BCUT2D eigenvalue weighted by atomic mass is 32.1. The summed E-state index contributed by atoms with van der Waals surface area (Å²) < 4.78 is 5.40. The van der Waals surface area contributed by atoms with Crippen LogP contribution < -0.4 is 5.32 Å². The van der Waals surface area contributed by atoms with Crippen LogP contribution >= 0.6 is 11.3 Å². The molecule has 0 saturated carbocycles. The maximum Gasteiger partial charge on any atom is 0.189 e. The summed E-state index contributed by atoms with van der Waals surface area (Å²) in [5, 5.41) is 4.37. The molecule has 0 spiro atoms. The lowest BCUT2D eigenvalue weighted by Crippen LogP contribution is -2.34. The summed E-state index contributed by atoms with van der Waals surface area (Å²) in [6, 6.07) is 0.194. The van der Waals surface area contributed by atoms with Gasteiger partial charge in [-0.05, 0) is 0 Å². The van der Waals surface area contributed by atoms with Gasteiger partial charge in [-0.2, -0.15) is 0 Å². The van der Waals surface area contributed by atoms with Crippen LogP contribution in [0.25, 0.3) is 10.5 Å². The van der Waals surface area contributed by atoms with E-state index in [1.165, 1.54) is 0 Å². The Labute approximate surface area is 90.5 Å². The van der Waals surface area contributed by atoms with Crippen LogP contribution in [0, 0.1) is 0 Å². The molecule has 3 rings (SSSR count). The summed E-state index contributed by atoms with van der Waals surface area (Å²) in [6.45, 7) is 2.33. The average Bonchev–Trinajstić information content (AvgIpc) is 2.74. The quantitative estimate of drug-likeness (QED) is 0.771. The first-order valence-corrected chi connectivity index (χ1v) is 5.64. The van der Waals surface area contributed by atoms with E-state index in [-0.39, 0.29) is 6.04 Å². The lowest BCUT2D eigenvalue weighted by atomic mass is 10.3. The van der Waals surface area contributed by atoms with Gasteiger partial charge in [0.25, 0.3) is 0 Å². The van der Waals surface area contributed by atoms with Crippen molar-refractivity contribution >= 4 is 21.8 Å². The lowest BCUT2D eigenvalue weighted by molar-refractivity contribution is 0.0768. The van der Waals surface area contributed by atoms with Crippen molar-refractivity contribution < 1.29 is 4.74 Å². The molecule has 1 unspecified atom stereocenters. The predicted octanol–water partition coefficient (Wildman–Crippen LogP) is 0.747. The standard InChI is InChI=1S/C9H10N4OS/c1-2-12-9-7(11-1)13-8(15-9)6-5-14-4-3-10-6/h1-2,6,10H,3-5H2. The van der Waals surface area contributed by atoms with Crippen LogP contribution in [0.15, 0.2) is 12.4 Å². The molecule has 0 bridgehead atoms. The first-order valence-electron chi connectivity index (χ1n) is 4.82. The minimum absolute atomic E-state index is 0.194. The summed E-state index contributed by atoms with van der Waals surface area (Å²) in [7, 11) is 0. The second-order valence-corrected chi connectivity index (χ2v) is 4.33. The minimum Gasteiger partial charge on any atom is -0.378 e. The number of aromatic nitrogens is 3. The Kier molecular flexibility index (Phi) is 2.32. The van der Waals surface area contributed by atoms with E-state index < -0.39 is 0 Å². The normalized spacial score (nSPS) is 22.0. The van der Waals surface area contributed by atoms with E-state index in [1.807, 2.05) is 0 Å². The number of thiazole rings is 1. The fourth-order valence-corrected chi connectivity index (χ4v) is 2.49. The van der Waals surface area contributed by atoms with Gasteiger partial charge in [0.1, 0.15) is 5.01 Å². The van der Waals surface area contributed by atoms with Gasteiger partial charge < -0.3 is 10.1 Å². The highest BCUT2D eigenvalue weighted by Gasteiger charge is 2.19. The van der Waals surface area contributed by atoms with E-state index in [1.54, 1.807) is 23.7 Å². The van der Waals surface area contributed by atoms with Gasteiger partial charge in [0.15, 0.2) is 10.5 Å². The summed E-state index contributed by atoms with van der Waals surface area (Å²) in [4.78, 5) is 13.7. The van der Waals surface area contributed by atoms with E-state index in [0.717, 1.165) is 28.6 Å². The van der Waals surface area contributed by atoms with Crippen LogP contribution in [0.1, 0.15) is 11.0 Å². The maximum atomic E-state index is 5.40. The molecule has 0 aliphatic carbocycles. The molecule has 1 fully saturated rings. The third-order valence-corrected chi connectivity index (χ3v) is 3.35. The van der Waals surface area contributed by atoms with Crippen molar-refractivity contribution in [3.05, 3.63) is 17.4 Å². The van der Waals surface area contributed by atoms with Crippen LogP contribution in [-0.2, 0) is 4.74 Å². The van der Waals surface area contributed by atoms with Crippen molar-refractivity contribution in [1.82, 2.24) is 20.3 Å². The largest absolute Gasteiger partial charge is 0.378 e. The number of morpholine rings is 1. The van der Waals surface area contributed by atoms with Crippen molar-refractivity contribution in [2.45, 2.75) is 6.04 Å². The van der Waals surface area contributed by atoms with Crippen molar-refractivity contribution in [2.75, 3.05) is 19.8 Å². The summed E-state index contributed by atoms with van der Waals surface area (Å²) in [5.74, 6) is 0. The molecule has 1 aliphatic rings. The van der Waals surface area contributed by atoms with E-state index in [4.69, 9.17) is 4.74 Å². The van der Waals surface area contributed by atoms with Crippen molar-refractivity contribution in [3.8, 4) is 0 Å². The number of fused-ring (bicyclic) bond motifs is 1. The van der Waals surface area contributed by atoms with Gasteiger partial charge >= 0.3 is 0 Å². The van der Waals surface area contributed by atoms with Crippen molar-refractivity contribution in [2.24, 2.45) is 0 Å². The van der Waals surface area contributed by atoms with Gasteiger partial charge in [-0.15, -0.1) is 0 Å². The Hall–Kier alpha value is -1.11. The van der Waals surface area contributed by atoms with E-state index in [9.17, 15) is 0 Å². The molecule has 6 heteroatoms. The third-order valence-electron chi connectivity index (χ3n) is 2.28. The Morgan fingerprint density at radius 3 is 3.13 bits per heavy atom. The second-order valence-electron chi connectivity index (χ2n) is 3.32. The van der Waals surface area contributed by atoms with Gasteiger partial charge in [0.2, 0.25) is 0 Å². The molecule has 0 amide bonds. The highest BCUT2D eigenvalue weighted by molar-refractivity contribution is 7.18. The number of hydrogen-bond donors (Lipinski definition) is 1. The van der Waals surface area contributed by atoms with Gasteiger partial charge in [-0.3, -0.25) is 0 Å². The zero-order chi connectivity index (χ0) is 10.1. The zero-order valence-electron chi connectivity index (χ0n) is 8.01. The molecular weight excluding hydrogens is 212 g/mol. The smallest absolute Gasteiger partial charge is 0.189 e. The average molecular weight is 222 g/mol. The first kappa shape index (κ1) is 9.14. The third kappa shape index (κ3) is 1.71. The Morgan fingerprint density at radius 2 is 2.33 bits per heavy atom. The molecule has 15 heavy (non-hydrogen) atoms. The summed E-state index contributed by atoms with van der Waals surface area (Å²) >= 11 is 1.58. The molecule has 0 aromatic carbocycles. The fraction of sp³-hybridized carbons (Fsp3) is 0.444. The second kappa shape index (κ2) is 3.80. The highest BCUT2D eigenvalue weighted by Crippen LogP contribution is 2.24. The summed E-state index contributed by atoms with van der Waals surface area (Å²) in [5.41, 5.74) is 0.727. The number of hydrogen-bond acceptors (Lipinski definition) is 6. The van der Waals surface area contributed by atoms with Crippen molar-refractivity contribution in [1.29, 1.82) is 0 Å². The monoisotopic (exact) mass is 222 g/mol. The van der Waals surface area contributed by atoms with Crippen LogP contribution in [-0.4, -0.2) is 34.7 Å². The molecule has 0 radical (unpaired) electrons. The minimum atomic E-state index is 0.194. The molecular formula is C9H10N4OS. The topological polar surface area (TPSA) is 59.9 Å². The molecule has 78 valence electrons. The first-order chi connectivity index (χ1) is 7.43. The zero-order valence-corrected chi connectivity index (χ0v) is 8.83. The molecule has 3 heterocycles. The van der Waals surface area contributed by atoms with Crippen LogP contribution in [0.4, 0.5) is 0 Å². The molecule has 1 aliphatic heterocycles. The number of nitrogens with zero attached hydrogens (tertiary/aromatic N) is 3. The SMILES string of the molecule is c1cnc2sc(C3COCCN3)nc2n1. The van der Waals surface area contributed by atoms with E-state index in [0.29, 0.717) is 6.61 Å². The predicted molar refractivity (Wildman–Crippen MR) is 56.8 cm³/mol. The van der Waals surface area contributed by atoms with Gasteiger partial charge in [-0.1, -0.05) is 11.3 Å². The molecule has 5 nitrogen and oxygen atoms in total. The van der Waals surface area contributed by atoms with E-state index in [2.05, 4.69) is 20.3 Å². The number of ether oxygens (including phenoxy) is 1. The van der Waals surface area contributed by atoms with Crippen LogP contribution in [0.2, 0.25) is 0 Å². The van der Waals surface area contributed by atoms with Gasteiger partial charge in [0, 0.05) is 18.9 Å².